The molecule has 5 rings (SSSR count). The smallest absolute Gasteiger partial charge is 0.405 e. The van der Waals surface area contributed by atoms with Crippen LogP contribution < -0.4 is 10.6 Å². The lowest BCUT2D eigenvalue weighted by atomic mass is 9.50. The van der Waals surface area contributed by atoms with E-state index in [2.05, 4.69) is 15.6 Å². The van der Waals surface area contributed by atoms with Gasteiger partial charge in [-0.25, -0.2) is 4.79 Å². The van der Waals surface area contributed by atoms with Crippen LogP contribution in [0.4, 0.5) is 4.79 Å². The lowest BCUT2D eigenvalue weighted by Crippen LogP contribution is -2.69. The first-order chi connectivity index (χ1) is 11.0. The topological polar surface area (TPSA) is 91.3 Å². The Morgan fingerprint density at radius 2 is 1.74 bits per heavy atom. The zero-order chi connectivity index (χ0) is 16.1. The van der Waals surface area contributed by atoms with Gasteiger partial charge in [0.25, 0.3) is 5.91 Å². The van der Waals surface area contributed by atoms with Crippen LogP contribution in [0.15, 0.2) is 24.4 Å². The van der Waals surface area contributed by atoms with Crippen molar-refractivity contribution in [1.82, 2.24) is 15.6 Å². The summed E-state index contributed by atoms with van der Waals surface area (Å²) >= 11 is 0. The van der Waals surface area contributed by atoms with E-state index >= 15 is 0 Å². The molecule has 4 aliphatic rings. The third-order valence-electron chi connectivity index (χ3n) is 5.71. The van der Waals surface area contributed by atoms with Crippen molar-refractivity contribution in [3.05, 3.63) is 30.1 Å². The van der Waals surface area contributed by atoms with E-state index in [1.54, 1.807) is 24.4 Å². The maximum Gasteiger partial charge on any atom is 0.405 e. The lowest BCUT2D eigenvalue weighted by Gasteiger charge is -2.61. The summed E-state index contributed by atoms with van der Waals surface area (Å²) in [5.74, 6) is 0.831. The largest absolute Gasteiger partial charge is 0.465 e. The van der Waals surface area contributed by atoms with Crippen LogP contribution in [0.3, 0.4) is 0 Å². The zero-order valence-electron chi connectivity index (χ0n) is 12.9. The first-order valence-corrected chi connectivity index (χ1v) is 8.22. The van der Waals surface area contributed by atoms with Crippen molar-refractivity contribution in [3.63, 3.8) is 0 Å². The second kappa shape index (κ2) is 4.94. The lowest BCUT2D eigenvalue weighted by molar-refractivity contribution is -0.0453. The van der Waals surface area contributed by atoms with Crippen LogP contribution in [0.2, 0.25) is 0 Å². The average molecular weight is 315 g/mol. The minimum Gasteiger partial charge on any atom is -0.465 e. The minimum atomic E-state index is -0.960. The van der Waals surface area contributed by atoms with Crippen LogP contribution in [0.25, 0.3) is 0 Å². The molecule has 0 aliphatic heterocycles. The Morgan fingerprint density at radius 1 is 1.09 bits per heavy atom. The molecular formula is C17H21N3O3. The first kappa shape index (κ1) is 14.5. The summed E-state index contributed by atoms with van der Waals surface area (Å²) in [4.78, 5) is 27.9. The maximum atomic E-state index is 12.5. The standard InChI is InChI=1S/C17H21N3O3/c21-14(13-3-1-2-4-18-13)19-16-6-11-5-12(7-16)9-17(8-11,10-16)20-15(22)23/h1-4,11-12,20H,5-10H2,(H,19,21)(H,22,23). The van der Waals surface area contributed by atoms with Crippen LogP contribution in [0.5, 0.6) is 0 Å². The van der Waals surface area contributed by atoms with Gasteiger partial charge in [0, 0.05) is 17.3 Å². The van der Waals surface area contributed by atoms with E-state index in [1.165, 1.54) is 0 Å². The van der Waals surface area contributed by atoms with Crippen LogP contribution in [-0.4, -0.2) is 33.2 Å². The molecule has 0 spiro atoms. The van der Waals surface area contributed by atoms with Crippen molar-refractivity contribution >= 4 is 12.0 Å². The molecule has 0 radical (unpaired) electrons. The fraction of sp³-hybridized carbons (Fsp3) is 0.588. The zero-order valence-corrected chi connectivity index (χ0v) is 12.9. The van der Waals surface area contributed by atoms with E-state index in [0.29, 0.717) is 24.0 Å². The summed E-state index contributed by atoms with van der Waals surface area (Å²) in [7, 11) is 0. The van der Waals surface area contributed by atoms with Crippen molar-refractivity contribution in [3.8, 4) is 0 Å². The van der Waals surface area contributed by atoms with Gasteiger partial charge in [-0.2, -0.15) is 0 Å². The number of aromatic nitrogens is 1. The fourth-order valence-corrected chi connectivity index (χ4v) is 5.58. The highest BCUT2D eigenvalue weighted by atomic mass is 16.4. The molecule has 0 saturated heterocycles. The Balaban J connectivity index is 1.58. The predicted molar refractivity (Wildman–Crippen MR) is 83.0 cm³/mol. The third kappa shape index (κ3) is 2.56. The molecule has 4 bridgehead atoms. The van der Waals surface area contributed by atoms with Crippen LogP contribution in [0.1, 0.15) is 49.0 Å². The van der Waals surface area contributed by atoms with Gasteiger partial charge in [-0.05, 0) is 62.5 Å². The molecule has 2 unspecified atom stereocenters. The number of amides is 2. The molecule has 2 atom stereocenters. The van der Waals surface area contributed by atoms with Crippen molar-refractivity contribution < 1.29 is 14.7 Å². The highest BCUT2D eigenvalue weighted by Gasteiger charge is 2.58. The highest BCUT2D eigenvalue weighted by Crippen LogP contribution is 2.57. The number of carboxylic acid groups (broad SMARTS) is 1. The van der Waals surface area contributed by atoms with Gasteiger partial charge in [0.05, 0.1) is 0 Å². The Bertz CT molecular complexity index is 632. The van der Waals surface area contributed by atoms with Crippen molar-refractivity contribution in [1.29, 1.82) is 0 Å². The summed E-state index contributed by atoms with van der Waals surface area (Å²) in [5, 5.41) is 15.2. The number of carbonyl (C=O) groups excluding carboxylic acids is 1. The van der Waals surface area contributed by atoms with Crippen LogP contribution in [0, 0.1) is 11.8 Å². The second-order valence-corrected chi connectivity index (χ2v) is 7.62. The Hall–Kier alpha value is -2.11. The number of pyridine rings is 1. The summed E-state index contributed by atoms with van der Waals surface area (Å²) in [6.07, 6.45) is 6.20. The number of nitrogens with one attached hydrogen (secondary N) is 2. The molecule has 4 saturated carbocycles. The molecule has 0 aromatic carbocycles. The molecule has 3 N–H and O–H groups in total. The molecule has 1 heterocycles. The van der Waals surface area contributed by atoms with E-state index in [1.807, 2.05) is 0 Å². The van der Waals surface area contributed by atoms with Gasteiger partial charge in [-0.1, -0.05) is 6.07 Å². The normalized spacial score (nSPS) is 37.4. The molecule has 6 heteroatoms. The predicted octanol–water partition coefficient (Wildman–Crippen LogP) is 2.17. The Kier molecular flexibility index (Phi) is 3.11. The minimum absolute atomic E-state index is 0.155. The maximum absolute atomic E-state index is 12.5. The third-order valence-corrected chi connectivity index (χ3v) is 5.71. The van der Waals surface area contributed by atoms with Gasteiger partial charge in [-0.3, -0.25) is 9.78 Å². The van der Waals surface area contributed by atoms with Gasteiger partial charge in [0.15, 0.2) is 0 Å². The van der Waals surface area contributed by atoms with Gasteiger partial charge < -0.3 is 15.7 Å². The van der Waals surface area contributed by atoms with E-state index in [-0.39, 0.29) is 17.0 Å². The molecule has 1 aromatic heterocycles. The van der Waals surface area contributed by atoms with Gasteiger partial charge in [0.2, 0.25) is 0 Å². The number of rotatable bonds is 3. The van der Waals surface area contributed by atoms with E-state index in [0.717, 1.165) is 32.1 Å². The molecular weight excluding hydrogens is 294 g/mol. The Labute approximate surface area is 134 Å². The van der Waals surface area contributed by atoms with Gasteiger partial charge in [-0.15, -0.1) is 0 Å². The van der Waals surface area contributed by atoms with Crippen molar-refractivity contribution in [2.45, 2.75) is 49.6 Å². The molecule has 23 heavy (non-hydrogen) atoms. The van der Waals surface area contributed by atoms with Crippen LogP contribution >= 0.6 is 0 Å². The highest BCUT2D eigenvalue weighted by molar-refractivity contribution is 5.92. The summed E-state index contributed by atoms with van der Waals surface area (Å²) in [5.41, 5.74) is -0.238. The van der Waals surface area contributed by atoms with Gasteiger partial charge >= 0.3 is 6.09 Å². The quantitative estimate of drug-likeness (QED) is 0.797. The first-order valence-electron chi connectivity index (χ1n) is 8.22. The summed E-state index contributed by atoms with van der Waals surface area (Å²) < 4.78 is 0. The molecule has 6 nitrogen and oxygen atoms in total. The fourth-order valence-electron chi connectivity index (χ4n) is 5.58. The van der Waals surface area contributed by atoms with E-state index in [4.69, 9.17) is 0 Å². The summed E-state index contributed by atoms with van der Waals surface area (Å²) in [6.45, 7) is 0. The van der Waals surface area contributed by atoms with Crippen molar-refractivity contribution in [2.24, 2.45) is 11.8 Å². The van der Waals surface area contributed by atoms with E-state index in [9.17, 15) is 14.7 Å². The molecule has 2 amide bonds. The number of nitrogens with zero attached hydrogens (tertiary/aromatic N) is 1. The van der Waals surface area contributed by atoms with Crippen molar-refractivity contribution in [2.75, 3.05) is 0 Å². The number of hydrogen-bond acceptors (Lipinski definition) is 3. The van der Waals surface area contributed by atoms with E-state index < -0.39 is 6.09 Å². The monoisotopic (exact) mass is 315 g/mol. The molecule has 4 aliphatic carbocycles. The number of carbonyl (C=O) groups is 2. The number of hydrogen-bond donors (Lipinski definition) is 3. The second-order valence-electron chi connectivity index (χ2n) is 7.62. The van der Waals surface area contributed by atoms with Crippen LogP contribution in [-0.2, 0) is 0 Å². The SMILES string of the molecule is O=C(O)NC12CC3CC(C1)CC(NC(=O)c1ccccn1)(C3)C2. The Morgan fingerprint density at radius 3 is 2.30 bits per heavy atom. The molecule has 4 fully saturated rings. The van der Waals surface area contributed by atoms with Gasteiger partial charge in [0.1, 0.15) is 5.69 Å². The average Bonchev–Trinajstić information content (AvgIpc) is 2.44. The summed E-state index contributed by atoms with van der Waals surface area (Å²) in [6, 6.07) is 5.30. The molecule has 1 aromatic rings. The molecule has 122 valence electrons.